The molecule has 2 heterocycles. The zero-order chi connectivity index (χ0) is 14.4. The summed E-state index contributed by atoms with van der Waals surface area (Å²) < 4.78 is 0. The van der Waals surface area contributed by atoms with Crippen molar-refractivity contribution in [3.05, 3.63) is 22.4 Å². The van der Waals surface area contributed by atoms with Gasteiger partial charge in [-0.2, -0.15) is 0 Å². The second-order valence-corrected chi connectivity index (χ2v) is 7.28. The average molecular weight is 295 g/mol. The number of thiophene rings is 1. The molecule has 1 aromatic heterocycles. The minimum absolute atomic E-state index is 0.606. The zero-order valence-electron chi connectivity index (χ0n) is 13.1. The van der Waals surface area contributed by atoms with Gasteiger partial charge in [-0.15, -0.1) is 11.3 Å². The predicted octanol–water partition coefficient (Wildman–Crippen LogP) is 2.50. The van der Waals surface area contributed by atoms with Gasteiger partial charge in [-0.25, -0.2) is 0 Å². The number of nitrogens with zero attached hydrogens (tertiary/aromatic N) is 2. The molecule has 0 radical (unpaired) electrons. The molecule has 0 amide bonds. The van der Waals surface area contributed by atoms with E-state index < -0.39 is 0 Å². The lowest BCUT2D eigenvalue weighted by Gasteiger charge is -2.34. The summed E-state index contributed by atoms with van der Waals surface area (Å²) in [6.07, 6.45) is 2.71. The van der Waals surface area contributed by atoms with Crippen LogP contribution in [0.2, 0.25) is 0 Å². The van der Waals surface area contributed by atoms with Crippen molar-refractivity contribution in [2.75, 3.05) is 40.3 Å². The maximum absolute atomic E-state index is 3.57. The second kappa shape index (κ2) is 8.13. The molecule has 1 unspecified atom stereocenters. The van der Waals surface area contributed by atoms with Gasteiger partial charge in [0.1, 0.15) is 0 Å². The van der Waals surface area contributed by atoms with Crippen molar-refractivity contribution in [3.63, 3.8) is 0 Å². The highest BCUT2D eigenvalue weighted by molar-refractivity contribution is 7.09. The molecule has 1 saturated heterocycles. The zero-order valence-corrected chi connectivity index (χ0v) is 14.0. The molecule has 1 aliphatic heterocycles. The molecule has 20 heavy (non-hydrogen) atoms. The fourth-order valence-electron chi connectivity index (χ4n) is 2.81. The fraction of sp³-hybridized carbons (Fsp3) is 0.750. The topological polar surface area (TPSA) is 18.5 Å². The molecular weight excluding hydrogens is 266 g/mol. The molecular formula is C16H29N3S. The van der Waals surface area contributed by atoms with Crippen LogP contribution in [-0.2, 0) is 6.54 Å². The number of nitrogens with one attached hydrogen (secondary N) is 1. The average Bonchev–Trinajstić information content (AvgIpc) is 2.94. The molecule has 1 aliphatic rings. The molecule has 1 N–H and O–H groups in total. The minimum atomic E-state index is 0.606. The molecule has 114 valence electrons. The van der Waals surface area contributed by atoms with Gasteiger partial charge >= 0.3 is 0 Å². The molecule has 0 spiro atoms. The standard InChI is InChI=1S/C16H29N3S/c1-14(11-17-12-16-5-4-10-20-16)19(3)13-15-6-8-18(2)9-7-15/h4-5,10,14-15,17H,6-9,11-13H2,1-3H3. The maximum atomic E-state index is 3.57. The van der Waals surface area contributed by atoms with E-state index >= 15 is 0 Å². The van der Waals surface area contributed by atoms with Crippen LogP contribution >= 0.6 is 11.3 Å². The van der Waals surface area contributed by atoms with Crippen LogP contribution in [-0.4, -0.2) is 56.1 Å². The highest BCUT2D eigenvalue weighted by Crippen LogP contribution is 2.17. The largest absolute Gasteiger partial charge is 0.310 e. The Morgan fingerprint density at radius 1 is 1.45 bits per heavy atom. The Morgan fingerprint density at radius 2 is 2.20 bits per heavy atom. The van der Waals surface area contributed by atoms with Crippen molar-refractivity contribution in [1.82, 2.24) is 15.1 Å². The van der Waals surface area contributed by atoms with Crippen LogP contribution in [0.3, 0.4) is 0 Å². The minimum Gasteiger partial charge on any atom is -0.310 e. The van der Waals surface area contributed by atoms with Gasteiger partial charge in [-0.05, 0) is 64.3 Å². The maximum Gasteiger partial charge on any atom is 0.0300 e. The van der Waals surface area contributed by atoms with Gasteiger partial charge in [0.15, 0.2) is 0 Å². The van der Waals surface area contributed by atoms with E-state index in [4.69, 9.17) is 0 Å². The third-order valence-corrected chi connectivity index (χ3v) is 5.33. The molecule has 0 bridgehead atoms. The van der Waals surface area contributed by atoms with E-state index in [2.05, 4.69) is 53.6 Å². The van der Waals surface area contributed by atoms with Crippen LogP contribution in [0.5, 0.6) is 0 Å². The lowest BCUT2D eigenvalue weighted by atomic mass is 9.96. The van der Waals surface area contributed by atoms with Crippen molar-refractivity contribution in [2.45, 2.75) is 32.4 Å². The van der Waals surface area contributed by atoms with Gasteiger partial charge in [-0.3, -0.25) is 0 Å². The van der Waals surface area contributed by atoms with E-state index in [1.54, 1.807) is 0 Å². The summed E-state index contributed by atoms with van der Waals surface area (Å²) in [5, 5.41) is 5.72. The molecule has 1 aromatic rings. The van der Waals surface area contributed by atoms with Crippen LogP contribution in [0, 0.1) is 5.92 Å². The number of likely N-dealkylation sites (tertiary alicyclic amines) is 1. The normalized spacial score (nSPS) is 19.6. The van der Waals surface area contributed by atoms with Gasteiger partial charge in [-0.1, -0.05) is 6.07 Å². The third kappa shape index (κ3) is 5.17. The monoisotopic (exact) mass is 295 g/mol. The summed E-state index contributed by atoms with van der Waals surface area (Å²) in [6, 6.07) is 4.93. The van der Waals surface area contributed by atoms with Crippen LogP contribution in [0.1, 0.15) is 24.6 Å². The first-order valence-corrected chi connectivity index (χ1v) is 8.65. The third-order valence-electron chi connectivity index (χ3n) is 4.46. The van der Waals surface area contributed by atoms with E-state index in [-0.39, 0.29) is 0 Å². The quantitative estimate of drug-likeness (QED) is 0.834. The van der Waals surface area contributed by atoms with Gasteiger partial charge in [0.25, 0.3) is 0 Å². The van der Waals surface area contributed by atoms with Crippen LogP contribution in [0.4, 0.5) is 0 Å². The van der Waals surface area contributed by atoms with Crippen molar-refractivity contribution < 1.29 is 0 Å². The van der Waals surface area contributed by atoms with Gasteiger partial charge < -0.3 is 15.1 Å². The number of likely N-dealkylation sites (N-methyl/N-ethyl adjacent to an activating group) is 1. The van der Waals surface area contributed by atoms with E-state index in [0.717, 1.165) is 19.0 Å². The van der Waals surface area contributed by atoms with E-state index in [9.17, 15) is 0 Å². The molecule has 0 aromatic carbocycles. The SMILES string of the molecule is CC(CNCc1cccs1)N(C)CC1CCN(C)CC1. The Kier molecular flexibility index (Phi) is 6.49. The summed E-state index contributed by atoms with van der Waals surface area (Å²) in [6.45, 7) is 8.18. The Bertz CT molecular complexity index is 358. The first-order valence-electron chi connectivity index (χ1n) is 7.77. The molecule has 0 saturated carbocycles. The van der Waals surface area contributed by atoms with E-state index in [0.29, 0.717) is 6.04 Å². The lowest BCUT2D eigenvalue weighted by molar-refractivity contribution is 0.153. The number of piperidine rings is 1. The summed E-state index contributed by atoms with van der Waals surface area (Å²) in [5.74, 6) is 0.885. The number of hydrogen-bond donors (Lipinski definition) is 1. The van der Waals surface area contributed by atoms with Gasteiger partial charge in [0.05, 0.1) is 0 Å². The first-order chi connectivity index (χ1) is 9.65. The smallest absolute Gasteiger partial charge is 0.0300 e. The second-order valence-electron chi connectivity index (χ2n) is 6.25. The van der Waals surface area contributed by atoms with Crippen molar-refractivity contribution in [1.29, 1.82) is 0 Å². The summed E-state index contributed by atoms with van der Waals surface area (Å²) >= 11 is 1.83. The van der Waals surface area contributed by atoms with Crippen LogP contribution in [0.25, 0.3) is 0 Å². The van der Waals surface area contributed by atoms with Gasteiger partial charge in [0.2, 0.25) is 0 Å². The molecule has 1 atom stereocenters. The first kappa shape index (κ1) is 16.0. The summed E-state index contributed by atoms with van der Waals surface area (Å²) in [4.78, 5) is 6.40. The fourth-order valence-corrected chi connectivity index (χ4v) is 3.48. The number of rotatable bonds is 7. The molecule has 4 heteroatoms. The lowest BCUT2D eigenvalue weighted by Crippen LogP contribution is -2.42. The Balaban J connectivity index is 1.62. The Hall–Kier alpha value is -0.420. The molecule has 2 rings (SSSR count). The predicted molar refractivity (Wildman–Crippen MR) is 88.3 cm³/mol. The van der Waals surface area contributed by atoms with E-state index in [1.807, 2.05) is 11.3 Å². The summed E-state index contributed by atoms with van der Waals surface area (Å²) in [5.41, 5.74) is 0. The Labute approximate surface area is 128 Å². The van der Waals surface area contributed by atoms with E-state index in [1.165, 1.54) is 37.4 Å². The molecule has 1 fully saturated rings. The van der Waals surface area contributed by atoms with Crippen molar-refractivity contribution in [3.8, 4) is 0 Å². The van der Waals surface area contributed by atoms with Crippen molar-refractivity contribution >= 4 is 11.3 Å². The van der Waals surface area contributed by atoms with Crippen LogP contribution < -0.4 is 5.32 Å². The number of hydrogen-bond acceptors (Lipinski definition) is 4. The highest BCUT2D eigenvalue weighted by atomic mass is 32.1. The highest BCUT2D eigenvalue weighted by Gasteiger charge is 2.19. The molecule has 0 aliphatic carbocycles. The Morgan fingerprint density at radius 3 is 2.85 bits per heavy atom. The summed E-state index contributed by atoms with van der Waals surface area (Å²) in [7, 11) is 4.51. The molecule has 3 nitrogen and oxygen atoms in total. The van der Waals surface area contributed by atoms with Crippen molar-refractivity contribution in [2.24, 2.45) is 5.92 Å². The van der Waals surface area contributed by atoms with Gasteiger partial charge in [0, 0.05) is 30.6 Å². The van der Waals surface area contributed by atoms with Crippen LogP contribution in [0.15, 0.2) is 17.5 Å².